The third kappa shape index (κ3) is 2.06. The lowest BCUT2D eigenvalue weighted by Gasteiger charge is -2.18. The molecule has 2 rings (SSSR count). The Balaban J connectivity index is 2.49. The molecular formula is C10H15ClN6. The molecule has 0 radical (unpaired) electrons. The second-order valence-corrected chi connectivity index (χ2v) is 4.08. The van der Waals surface area contributed by atoms with Gasteiger partial charge in [-0.15, -0.1) is 0 Å². The summed E-state index contributed by atoms with van der Waals surface area (Å²) in [7, 11) is 1.86. The molecule has 92 valence electrons. The zero-order chi connectivity index (χ0) is 12.4. The Morgan fingerprint density at radius 1 is 1.53 bits per heavy atom. The Hall–Kier alpha value is -1.37. The van der Waals surface area contributed by atoms with Crippen molar-refractivity contribution in [1.82, 2.24) is 25.0 Å². The summed E-state index contributed by atoms with van der Waals surface area (Å²) in [4.78, 5) is 0. The van der Waals surface area contributed by atoms with Crippen LogP contribution >= 0.6 is 11.6 Å². The number of hydrogen-bond acceptors (Lipinski definition) is 4. The van der Waals surface area contributed by atoms with Crippen molar-refractivity contribution in [1.29, 1.82) is 0 Å². The lowest BCUT2D eigenvalue weighted by molar-refractivity contribution is 0.515. The van der Waals surface area contributed by atoms with Crippen molar-refractivity contribution in [3.05, 3.63) is 34.9 Å². The monoisotopic (exact) mass is 254 g/mol. The van der Waals surface area contributed by atoms with Crippen LogP contribution in [0.25, 0.3) is 0 Å². The predicted octanol–water partition coefficient (Wildman–Crippen LogP) is 0.843. The highest BCUT2D eigenvalue weighted by Crippen LogP contribution is 2.27. The van der Waals surface area contributed by atoms with Crippen LogP contribution in [0.4, 0.5) is 0 Å². The molecule has 6 nitrogen and oxygen atoms in total. The summed E-state index contributed by atoms with van der Waals surface area (Å²) in [6.07, 6.45) is 3.35. The number of halogens is 1. The quantitative estimate of drug-likeness (QED) is 0.627. The summed E-state index contributed by atoms with van der Waals surface area (Å²) >= 11 is 6.16. The van der Waals surface area contributed by atoms with Crippen LogP contribution in [0.5, 0.6) is 0 Å². The van der Waals surface area contributed by atoms with Crippen molar-refractivity contribution in [3.8, 4) is 0 Å². The van der Waals surface area contributed by atoms with E-state index >= 15 is 0 Å². The van der Waals surface area contributed by atoms with Crippen LogP contribution in [0, 0.1) is 0 Å². The average molecular weight is 255 g/mol. The van der Waals surface area contributed by atoms with E-state index in [-0.39, 0.29) is 6.04 Å². The second-order valence-electron chi connectivity index (χ2n) is 3.67. The Bertz CT molecular complexity index is 503. The predicted molar refractivity (Wildman–Crippen MR) is 65.3 cm³/mol. The van der Waals surface area contributed by atoms with E-state index in [1.54, 1.807) is 17.1 Å². The lowest BCUT2D eigenvalue weighted by atomic mass is 10.1. The molecule has 0 bridgehead atoms. The topological polar surface area (TPSA) is 73.7 Å². The molecule has 0 amide bonds. The van der Waals surface area contributed by atoms with Crippen LogP contribution in [0.2, 0.25) is 5.02 Å². The molecule has 0 fully saturated rings. The van der Waals surface area contributed by atoms with Crippen LogP contribution in [0.3, 0.4) is 0 Å². The molecule has 0 saturated heterocycles. The van der Waals surface area contributed by atoms with Gasteiger partial charge in [0.15, 0.2) is 0 Å². The van der Waals surface area contributed by atoms with Gasteiger partial charge >= 0.3 is 0 Å². The fourth-order valence-electron chi connectivity index (χ4n) is 1.88. The summed E-state index contributed by atoms with van der Waals surface area (Å²) in [5.74, 6) is 5.63. The number of nitrogens with one attached hydrogen (secondary N) is 1. The molecule has 0 saturated carbocycles. The highest BCUT2D eigenvalue weighted by atomic mass is 35.5. The SMILES string of the molecule is CCn1ncc(Cl)c1C(NN)c1ccnn1C. The first-order valence-electron chi connectivity index (χ1n) is 5.34. The minimum atomic E-state index is -0.225. The molecule has 0 aliphatic carbocycles. The molecule has 3 N–H and O–H groups in total. The van der Waals surface area contributed by atoms with Gasteiger partial charge in [-0.1, -0.05) is 11.6 Å². The van der Waals surface area contributed by atoms with Gasteiger partial charge in [-0.05, 0) is 13.0 Å². The average Bonchev–Trinajstić information content (AvgIpc) is 2.89. The molecule has 17 heavy (non-hydrogen) atoms. The highest BCUT2D eigenvalue weighted by molar-refractivity contribution is 6.31. The molecule has 2 aromatic rings. The van der Waals surface area contributed by atoms with Crippen molar-refractivity contribution in [2.24, 2.45) is 12.9 Å². The third-order valence-corrected chi connectivity index (χ3v) is 3.02. The molecule has 7 heteroatoms. The van der Waals surface area contributed by atoms with E-state index in [9.17, 15) is 0 Å². The fourth-order valence-corrected chi connectivity index (χ4v) is 2.13. The zero-order valence-electron chi connectivity index (χ0n) is 9.76. The van der Waals surface area contributed by atoms with Gasteiger partial charge in [-0.3, -0.25) is 15.2 Å². The van der Waals surface area contributed by atoms with E-state index in [0.717, 1.165) is 17.9 Å². The third-order valence-electron chi connectivity index (χ3n) is 2.73. The van der Waals surface area contributed by atoms with Crippen LogP contribution in [0.1, 0.15) is 24.4 Å². The number of aryl methyl sites for hydroxylation is 2. The van der Waals surface area contributed by atoms with E-state index in [0.29, 0.717) is 5.02 Å². The van der Waals surface area contributed by atoms with E-state index in [2.05, 4.69) is 15.6 Å². The minimum Gasteiger partial charge on any atom is -0.271 e. The maximum absolute atomic E-state index is 6.16. The van der Waals surface area contributed by atoms with Gasteiger partial charge in [0.2, 0.25) is 0 Å². The Kier molecular flexibility index (Phi) is 3.46. The fraction of sp³-hybridized carbons (Fsp3) is 0.400. The number of rotatable bonds is 4. The van der Waals surface area contributed by atoms with Crippen molar-refractivity contribution in [3.63, 3.8) is 0 Å². The Morgan fingerprint density at radius 3 is 2.82 bits per heavy atom. The van der Waals surface area contributed by atoms with Gasteiger partial charge in [0, 0.05) is 19.8 Å². The molecule has 2 aromatic heterocycles. The molecule has 1 unspecified atom stereocenters. The summed E-state index contributed by atoms with van der Waals surface area (Å²) in [6.45, 7) is 2.74. The molecule has 1 atom stereocenters. The van der Waals surface area contributed by atoms with Gasteiger partial charge in [0.1, 0.15) is 6.04 Å². The van der Waals surface area contributed by atoms with Gasteiger partial charge in [-0.25, -0.2) is 5.43 Å². The Labute approximate surface area is 104 Å². The van der Waals surface area contributed by atoms with Crippen LogP contribution in [-0.2, 0) is 13.6 Å². The van der Waals surface area contributed by atoms with Crippen molar-refractivity contribution < 1.29 is 0 Å². The summed E-state index contributed by atoms with van der Waals surface area (Å²) in [5, 5.41) is 8.92. The minimum absolute atomic E-state index is 0.225. The van der Waals surface area contributed by atoms with E-state index in [4.69, 9.17) is 17.4 Å². The first-order chi connectivity index (χ1) is 8.19. The van der Waals surface area contributed by atoms with Gasteiger partial charge in [0.25, 0.3) is 0 Å². The smallest absolute Gasteiger partial charge is 0.106 e. The first-order valence-corrected chi connectivity index (χ1v) is 5.72. The summed E-state index contributed by atoms with van der Waals surface area (Å²) in [6, 6.07) is 1.67. The van der Waals surface area contributed by atoms with E-state index in [1.165, 1.54) is 0 Å². The molecule has 0 aromatic carbocycles. The summed E-state index contributed by atoms with van der Waals surface area (Å²) < 4.78 is 3.58. The highest BCUT2D eigenvalue weighted by Gasteiger charge is 2.22. The van der Waals surface area contributed by atoms with Crippen molar-refractivity contribution >= 4 is 11.6 Å². The number of hydrazine groups is 1. The van der Waals surface area contributed by atoms with Crippen molar-refractivity contribution in [2.75, 3.05) is 0 Å². The maximum Gasteiger partial charge on any atom is 0.106 e. The van der Waals surface area contributed by atoms with Gasteiger partial charge in [0.05, 0.1) is 22.6 Å². The van der Waals surface area contributed by atoms with Gasteiger partial charge in [-0.2, -0.15) is 10.2 Å². The van der Waals surface area contributed by atoms with E-state index in [1.807, 2.05) is 24.7 Å². The number of hydrogen-bond donors (Lipinski definition) is 2. The molecular weight excluding hydrogens is 240 g/mol. The van der Waals surface area contributed by atoms with Crippen LogP contribution < -0.4 is 11.3 Å². The standard InChI is InChI=1S/C10H15ClN6/c1-3-17-10(7(11)6-14-17)9(15-12)8-4-5-13-16(8)2/h4-6,9,15H,3,12H2,1-2H3. The number of nitrogens with two attached hydrogens (primary N) is 1. The Morgan fingerprint density at radius 2 is 2.29 bits per heavy atom. The lowest BCUT2D eigenvalue weighted by Crippen LogP contribution is -2.32. The van der Waals surface area contributed by atoms with Crippen LogP contribution in [0.15, 0.2) is 18.5 Å². The molecule has 2 heterocycles. The maximum atomic E-state index is 6.16. The van der Waals surface area contributed by atoms with E-state index < -0.39 is 0 Å². The van der Waals surface area contributed by atoms with Crippen molar-refractivity contribution in [2.45, 2.75) is 19.5 Å². The zero-order valence-corrected chi connectivity index (χ0v) is 10.5. The normalized spacial score (nSPS) is 12.9. The van der Waals surface area contributed by atoms with Gasteiger partial charge < -0.3 is 0 Å². The number of nitrogens with zero attached hydrogens (tertiary/aromatic N) is 4. The molecule has 0 spiro atoms. The largest absolute Gasteiger partial charge is 0.271 e. The first kappa shape index (κ1) is 12.1. The second kappa shape index (κ2) is 4.87. The number of aromatic nitrogens is 4. The summed E-state index contributed by atoms with van der Waals surface area (Å²) in [5.41, 5.74) is 4.54. The van der Waals surface area contributed by atoms with Crippen LogP contribution in [-0.4, -0.2) is 19.6 Å². The molecule has 0 aliphatic rings. The molecule has 0 aliphatic heterocycles.